The van der Waals surface area contributed by atoms with Gasteiger partial charge in [0, 0.05) is 25.5 Å². The van der Waals surface area contributed by atoms with Crippen LogP contribution in [0.2, 0.25) is 0 Å². The lowest BCUT2D eigenvalue weighted by Gasteiger charge is -2.39. The maximum Gasteiger partial charge on any atom is 0.173 e. The summed E-state index contributed by atoms with van der Waals surface area (Å²) in [6.07, 6.45) is 7.98. The highest BCUT2D eigenvalue weighted by Crippen LogP contribution is 2.34. The molecule has 4 rings (SSSR count). The molecule has 6 nitrogen and oxygen atoms in total. The first-order valence-electron chi connectivity index (χ1n) is 8.19. The van der Waals surface area contributed by atoms with Gasteiger partial charge in [-0.2, -0.15) is 5.10 Å². The number of aromatic nitrogens is 4. The van der Waals surface area contributed by atoms with Crippen LogP contribution in [0.15, 0.2) is 55.1 Å². The van der Waals surface area contributed by atoms with Crippen molar-refractivity contribution in [3.05, 3.63) is 66.5 Å². The standard InChI is InChI=1S/C18H18FN5O/c19-15-4-2-14(3-5-15)18(25)6-10-23(11-7-18)16-12-20-13-17(22-16)24-9-1-8-21-24/h1-5,8-9,12-13,25H,6-7,10-11H2. The molecule has 0 saturated carbocycles. The van der Waals surface area contributed by atoms with E-state index >= 15 is 0 Å². The smallest absolute Gasteiger partial charge is 0.173 e. The van der Waals surface area contributed by atoms with Gasteiger partial charge in [-0.1, -0.05) is 12.1 Å². The van der Waals surface area contributed by atoms with Crippen LogP contribution >= 0.6 is 0 Å². The first-order chi connectivity index (χ1) is 12.1. The van der Waals surface area contributed by atoms with Crippen molar-refractivity contribution in [1.82, 2.24) is 19.7 Å². The zero-order valence-corrected chi connectivity index (χ0v) is 13.6. The van der Waals surface area contributed by atoms with Gasteiger partial charge in [-0.3, -0.25) is 4.98 Å². The quantitative estimate of drug-likeness (QED) is 0.793. The Kier molecular flexibility index (Phi) is 3.93. The normalized spacial score (nSPS) is 16.8. The summed E-state index contributed by atoms with van der Waals surface area (Å²) < 4.78 is 14.8. The lowest BCUT2D eigenvalue weighted by molar-refractivity contribution is 0.0116. The molecule has 1 aliphatic rings. The van der Waals surface area contributed by atoms with E-state index in [2.05, 4.69) is 20.0 Å². The molecule has 1 saturated heterocycles. The van der Waals surface area contributed by atoms with Crippen LogP contribution in [-0.2, 0) is 5.60 Å². The number of benzene rings is 1. The number of aliphatic hydroxyl groups is 1. The molecule has 0 aliphatic carbocycles. The van der Waals surface area contributed by atoms with Crippen molar-refractivity contribution in [2.45, 2.75) is 18.4 Å². The summed E-state index contributed by atoms with van der Waals surface area (Å²) in [5.41, 5.74) is -0.179. The molecule has 0 bridgehead atoms. The minimum Gasteiger partial charge on any atom is -0.385 e. The Morgan fingerprint density at radius 2 is 1.76 bits per heavy atom. The number of anilines is 1. The average molecular weight is 339 g/mol. The molecular formula is C18H18FN5O. The summed E-state index contributed by atoms with van der Waals surface area (Å²) in [5, 5.41) is 15.1. The second kappa shape index (κ2) is 6.25. The summed E-state index contributed by atoms with van der Waals surface area (Å²) in [7, 11) is 0. The third-order valence-electron chi connectivity index (χ3n) is 4.64. The SMILES string of the molecule is OC1(c2ccc(F)cc2)CCN(c2cncc(-n3cccn3)n2)CC1. The third kappa shape index (κ3) is 3.10. The Morgan fingerprint density at radius 1 is 1.04 bits per heavy atom. The van der Waals surface area contributed by atoms with E-state index in [1.54, 1.807) is 35.4 Å². The molecule has 25 heavy (non-hydrogen) atoms. The molecule has 2 aromatic heterocycles. The molecular weight excluding hydrogens is 321 g/mol. The number of rotatable bonds is 3. The van der Waals surface area contributed by atoms with Crippen LogP contribution in [0.4, 0.5) is 10.2 Å². The second-order valence-corrected chi connectivity index (χ2v) is 6.21. The van der Waals surface area contributed by atoms with Crippen LogP contribution in [0, 0.1) is 5.82 Å². The van der Waals surface area contributed by atoms with Gasteiger partial charge in [0.2, 0.25) is 0 Å². The molecule has 1 aromatic carbocycles. The predicted molar refractivity (Wildman–Crippen MR) is 90.9 cm³/mol. The number of hydrogen-bond donors (Lipinski definition) is 1. The molecule has 3 aromatic rings. The monoisotopic (exact) mass is 339 g/mol. The van der Waals surface area contributed by atoms with Crippen molar-refractivity contribution < 1.29 is 9.50 Å². The molecule has 7 heteroatoms. The van der Waals surface area contributed by atoms with E-state index in [-0.39, 0.29) is 5.82 Å². The molecule has 1 N–H and O–H groups in total. The van der Waals surface area contributed by atoms with Gasteiger partial charge in [0.15, 0.2) is 5.82 Å². The van der Waals surface area contributed by atoms with Crippen molar-refractivity contribution in [2.24, 2.45) is 0 Å². The Bertz CT molecular complexity index is 842. The summed E-state index contributed by atoms with van der Waals surface area (Å²) in [6, 6.07) is 7.92. The minimum absolute atomic E-state index is 0.296. The Morgan fingerprint density at radius 3 is 2.44 bits per heavy atom. The lowest BCUT2D eigenvalue weighted by atomic mass is 9.84. The van der Waals surface area contributed by atoms with Crippen LogP contribution in [0.5, 0.6) is 0 Å². The number of hydrogen-bond acceptors (Lipinski definition) is 5. The molecule has 0 atom stereocenters. The van der Waals surface area contributed by atoms with Crippen molar-refractivity contribution in [1.29, 1.82) is 0 Å². The molecule has 1 aliphatic heterocycles. The Labute approximate surface area is 144 Å². The van der Waals surface area contributed by atoms with Crippen LogP contribution in [-0.4, -0.2) is 37.9 Å². The van der Waals surface area contributed by atoms with Gasteiger partial charge in [0.05, 0.1) is 18.0 Å². The molecule has 0 spiro atoms. The molecule has 0 radical (unpaired) electrons. The van der Waals surface area contributed by atoms with Gasteiger partial charge >= 0.3 is 0 Å². The van der Waals surface area contributed by atoms with Gasteiger partial charge in [0.1, 0.15) is 11.6 Å². The highest BCUT2D eigenvalue weighted by atomic mass is 19.1. The zero-order chi connectivity index (χ0) is 17.3. The first-order valence-corrected chi connectivity index (χ1v) is 8.19. The highest BCUT2D eigenvalue weighted by molar-refractivity contribution is 5.40. The van der Waals surface area contributed by atoms with Crippen molar-refractivity contribution in [3.8, 4) is 5.82 Å². The maximum absolute atomic E-state index is 13.1. The van der Waals surface area contributed by atoms with E-state index in [0.717, 1.165) is 11.4 Å². The third-order valence-corrected chi connectivity index (χ3v) is 4.64. The summed E-state index contributed by atoms with van der Waals surface area (Å²) in [6.45, 7) is 1.29. The van der Waals surface area contributed by atoms with Gasteiger partial charge in [-0.25, -0.2) is 14.1 Å². The molecule has 0 unspecified atom stereocenters. The average Bonchev–Trinajstić information content (AvgIpc) is 3.18. The zero-order valence-electron chi connectivity index (χ0n) is 13.6. The fraction of sp³-hybridized carbons (Fsp3) is 0.278. The van der Waals surface area contributed by atoms with Crippen molar-refractivity contribution in [2.75, 3.05) is 18.0 Å². The van der Waals surface area contributed by atoms with E-state index in [1.807, 2.05) is 12.3 Å². The van der Waals surface area contributed by atoms with Crippen LogP contribution in [0.1, 0.15) is 18.4 Å². The maximum atomic E-state index is 13.1. The summed E-state index contributed by atoms with van der Waals surface area (Å²) >= 11 is 0. The Balaban J connectivity index is 1.50. The van der Waals surface area contributed by atoms with Gasteiger partial charge in [-0.05, 0) is 36.6 Å². The topological polar surface area (TPSA) is 67.1 Å². The molecule has 1 fully saturated rings. The molecule has 3 heterocycles. The Hall–Kier alpha value is -2.80. The van der Waals surface area contributed by atoms with Gasteiger partial charge in [-0.15, -0.1) is 0 Å². The van der Waals surface area contributed by atoms with Gasteiger partial charge in [0.25, 0.3) is 0 Å². The fourth-order valence-corrected chi connectivity index (χ4v) is 3.17. The lowest BCUT2D eigenvalue weighted by Crippen LogP contribution is -2.43. The van der Waals surface area contributed by atoms with Crippen LogP contribution in [0.3, 0.4) is 0 Å². The van der Waals surface area contributed by atoms with Crippen LogP contribution < -0.4 is 4.90 Å². The van der Waals surface area contributed by atoms with E-state index in [9.17, 15) is 9.50 Å². The summed E-state index contributed by atoms with van der Waals surface area (Å²) in [4.78, 5) is 10.9. The molecule has 128 valence electrons. The second-order valence-electron chi connectivity index (χ2n) is 6.21. The fourth-order valence-electron chi connectivity index (χ4n) is 3.17. The van der Waals surface area contributed by atoms with E-state index in [0.29, 0.717) is 31.7 Å². The summed E-state index contributed by atoms with van der Waals surface area (Å²) in [5.74, 6) is 1.12. The number of piperidine rings is 1. The number of halogens is 1. The minimum atomic E-state index is -0.933. The van der Waals surface area contributed by atoms with E-state index < -0.39 is 5.60 Å². The van der Waals surface area contributed by atoms with Gasteiger partial charge < -0.3 is 10.0 Å². The van der Waals surface area contributed by atoms with E-state index in [1.165, 1.54) is 12.1 Å². The number of nitrogens with zero attached hydrogens (tertiary/aromatic N) is 5. The van der Waals surface area contributed by atoms with Crippen molar-refractivity contribution in [3.63, 3.8) is 0 Å². The predicted octanol–water partition coefficient (Wildman–Crippen LogP) is 2.29. The van der Waals surface area contributed by atoms with Crippen LogP contribution in [0.25, 0.3) is 5.82 Å². The highest BCUT2D eigenvalue weighted by Gasteiger charge is 2.34. The first kappa shape index (κ1) is 15.7. The molecule has 0 amide bonds. The van der Waals surface area contributed by atoms with Crippen molar-refractivity contribution >= 4 is 5.82 Å². The largest absolute Gasteiger partial charge is 0.385 e. The van der Waals surface area contributed by atoms with E-state index in [4.69, 9.17) is 0 Å².